The van der Waals surface area contributed by atoms with Crippen molar-refractivity contribution in [1.82, 2.24) is 0 Å². The van der Waals surface area contributed by atoms with Gasteiger partial charge in [0.05, 0.1) is 0 Å². The fourth-order valence-electron chi connectivity index (χ4n) is 0.105. The van der Waals surface area contributed by atoms with Crippen LogP contribution < -0.4 is 0 Å². The molecule has 0 radical (unpaired) electrons. The fraction of sp³-hybridized carbons (Fsp3) is 0.600. The second-order valence-corrected chi connectivity index (χ2v) is 2.42. The molecular weight excluding hydrogens is 258 g/mol. The van der Waals surface area contributed by atoms with Crippen LogP contribution in [0.5, 0.6) is 0 Å². The number of hydrogen-bond acceptors (Lipinski definition) is 0. The first-order valence-electron chi connectivity index (χ1n) is 2.16. The van der Waals surface area contributed by atoms with Gasteiger partial charge in [-0.3, -0.25) is 0 Å². The summed E-state index contributed by atoms with van der Waals surface area (Å²) in [6.45, 7) is 4.19. The van der Waals surface area contributed by atoms with Gasteiger partial charge in [0.1, 0.15) is 0 Å². The zero-order valence-electron chi connectivity index (χ0n) is 4.93. The van der Waals surface area contributed by atoms with Gasteiger partial charge < -0.3 is 0 Å². The quantitative estimate of drug-likeness (QED) is 0.479. The molecular formula is C5H10NW+. The molecule has 0 unspecified atom stereocenters. The van der Waals surface area contributed by atoms with Crippen LogP contribution in [0.3, 0.4) is 0 Å². The van der Waals surface area contributed by atoms with E-state index >= 15 is 0 Å². The summed E-state index contributed by atoms with van der Waals surface area (Å²) in [5.74, 6) is 0. The van der Waals surface area contributed by atoms with Gasteiger partial charge in [0.15, 0.2) is 0 Å². The molecule has 1 nitrogen and oxygen atoms in total. The van der Waals surface area contributed by atoms with Crippen LogP contribution in [0.25, 0.3) is 0 Å². The van der Waals surface area contributed by atoms with Crippen LogP contribution in [0, 0.1) is 0 Å². The first kappa shape index (κ1) is 7.23. The predicted octanol–water partition coefficient (Wildman–Crippen LogP) is 0.416. The molecule has 0 aromatic rings. The van der Waals surface area contributed by atoms with Gasteiger partial charge >= 0.3 is 55.1 Å². The summed E-state index contributed by atoms with van der Waals surface area (Å²) < 4.78 is 4.24. The van der Waals surface area contributed by atoms with Gasteiger partial charge in [-0.2, -0.15) is 0 Å². The van der Waals surface area contributed by atoms with Gasteiger partial charge in [-0.05, 0) is 0 Å². The molecule has 0 spiro atoms. The summed E-state index contributed by atoms with van der Waals surface area (Å²) in [6, 6.07) is 0. The molecule has 0 aliphatic carbocycles. The molecule has 0 aromatic carbocycles. The van der Waals surface area contributed by atoms with Crippen LogP contribution in [0.2, 0.25) is 0 Å². The van der Waals surface area contributed by atoms with Crippen LogP contribution in [0.15, 0.2) is 0 Å². The third-order valence-electron chi connectivity index (χ3n) is 0.864. The summed E-state index contributed by atoms with van der Waals surface area (Å²) in [6.07, 6.45) is 0. The second kappa shape index (κ2) is 3.26. The SMILES string of the molecule is CC(C)=[N+](C)[CH]=[W]. The zero-order valence-corrected chi connectivity index (χ0v) is 7.87. The summed E-state index contributed by atoms with van der Waals surface area (Å²) in [4.78, 5) is 0. The predicted molar refractivity (Wildman–Crippen MR) is 28.6 cm³/mol. The van der Waals surface area contributed by atoms with E-state index in [1.165, 1.54) is 25.1 Å². The van der Waals surface area contributed by atoms with Crippen molar-refractivity contribution >= 4 is 10.2 Å². The summed E-state index contributed by atoms with van der Waals surface area (Å²) >= 11 is 1.50. The number of hydrogen-bond donors (Lipinski definition) is 0. The Labute approximate surface area is 55.5 Å². The molecule has 0 aliphatic rings. The third kappa shape index (κ3) is 2.87. The van der Waals surface area contributed by atoms with E-state index in [1.807, 2.05) is 0 Å². The topological polar surface area (TPSA) is 3.01 Å². The first-order valence-corrected chi connectivity index (χ1v) is 3.86. The maximum absolute atomic E-state index is 2.12. The average Bonchev–Trinajstić information content (AvgIpc) is 1.65. The van der Waals surface area contributed by atoms with Crippen LogP contribution in [0.4, 0.5) is 0 Å². The summed E-state index contributed by atoms with van der Waals surface area (Å²) in [5, 5.41) is 0. The molecule has 0 rings (SSSR count). The van der Waals surface area contributed by atoms with Crippen molar-refractivity contribution in [2.45, 2.75) is 13.8 Å². The molecule has 0 fully saturated rings. The van der Waals surface area contributed by atoms with E-state index < -0.39 is 0 Å². The molecule has 2 heteroatoms. The van der Waals surface area contributed by atoms with E-state index in [1.54, 1.807) is 0 Å². The summed E-state index contributed by atoms with van der Waals surface area (Å²) in [5.41, 5.74) is 1.34. The van der Waals surface area contributed by atoms with Crippen molar-refractivity contribution < 1.29 is 23.9 Å². The minimum atomic E-state index is 1.34. The Morgan fingerprint density at radius 2 is 2.00 bits per heavy atom. The van der Waals surface area contributed by atoms with E-state index in [0.717, 1.165) is 0 Å². The van der Waals surface area contributed by atoms with Gasteiger partial charge in [0, 0.05) is 0 Å². The van der Waals surface area contributed by atoms with Crippen molar-refractivity contribution in [3.8, 4) is 0 Å². The first-order chi connectivity index (χ1) is 3.18. The Bertz CT molecular complexity index is 101. The molecule has 0 aliphatic heterocycles. The minimum absolute atomic E-state index is 1.34. The second-order valence-electron chi connectivity index (χ2n) is 1.66. The third-order valence-corrected chi connectivity index (χ3v) is 2.00. The van der Waals surface area contributed by atoms with Crippen molar-refractivity contribution in [3.05, 3.63) is 0 Å². The van der Waals surface area contributed by atoms with Gasteiger partial charge in [-0.15, -0.1) is 0 Å². The van der Waals surface area contributed by atoms with Gasteiger partial charge in [-0.25, -0.2) is 0 Å². The van der Waals surface area contributed by atoms with Gasteiger partial charge in [-0.1, -0.05) is 0 Å². The van der Waals surface area contributed by atoms with Gasteiger partial charge in [0.2, 0.25) is 0 Å². The van der Waals surface area contributed by atoms with Gasteiger partial charge in [0.25, 0.3) is 0 Å². The Morgan fingerprint density at radius 3 is 2.00 bits per heavy atom. The van der Waals surface area contributed by atoms with Crippen molar-refractivity contribution in [2.24, 2.45) is 0 Å². The van der Waals surface area contributed by atoms with Crippen LogP contribution >= 0.6 is 0 Å². The van der Waals surface area contributed by atoms with E-state index in [0.29, 0.717) is 0 Å². The van der Waals surface area contributed by atoms with E-state index in [-0.39, 0.29) is 0 Å². The molecule has 0 saturated carbocycles. The standard InChI is InChI=1S/C5H10N.W/c1-5(2)6(3)4;/h3H,1-2,4H3;/q+1;. The Kier molecular flexibility index (Phi) is 3.36. The molecule has 0 saturated heterocycles. The normalized spacial score (nSPS) is 7.86. The van der Waals surface area contributed by atoms with Crippen molar-refractivity contribution in [2.75, 3.05) is 7.05 Å². The van der Waals surface area contributed by atoms with E-state index in [9.17, 15) is 0 Å². The van der Waals surface area contributed by atoms with Crippen LogP contribution in [0.1, 0.15) is 13.8 Å². The van der Waals surface area contributed by atoms with Crippen LogP contribution in [-0.4, -0.2) is 21.9 Å². The Hall–Kier alpha value is 0.228. The monoisotopic (exact) mass is 268 g/mol. The molecule has 7 heavy (non-hydrogen) atoms. The Balaban J connectivity index is 3.98. The van der Waals surface area contributed by atoms with Crippen molar-refractivity contribution in [1.29, 1.82) is 0 Å². The molecule has 0 aromatic heterocycles. The summed E-state index contributed by atoms with van der Waals surface area (Å²) in [7, 11) is 2.06. The molecule has 0 heterocycles. The Morgan fingerprint density at radius 1 is 1.57 bits per heavy atom. The average molecular weight is 268 g/mol. The zero-order chi connectivity index (χ0) is 5.86. The number of nitrogens with zero attached hydrogens (tertiary/aromatic N) is 1. The molecule has 0 amide bonds. The molecule has 0 N–H and O–H groups in total. The number of rotatable bonds is 1. The molecule has 40 valence electrons. The fourth-order valence-corrected chi connectivity index (χ4v) is 0.863. The maximum atomic E-state index is 2.12. The van der Waals surface area contributed by atoms with E-state index in [2.05, 4.69) is 30.0 Å². The molecule has 0 bridgehead atoms. The molecule has 0 atom stereocenters. The van der Waals surface area contributed by atoms with E-state index in [4.69, 9.17) is 0 Å². The van der Waals surface area contributed by atoms with Crippen molar-refractivity contribution in [3.63, 3.8) is 0 Å². The van der Waals surface area contributed by atoms with Crippen LogP contribution in [-0.2, 0) is 19.4 Å².